The number of nitrogens with one attached hydrogen (secondary N) is 1. The Bertz CT molecular complexity index is 308. The lowest BCUT2D eigenvalue weighted by atomic mass is 9.77. The molecule has 1 saturated heterocycles. The summed E-state index contributed by atoms with van der Waals surface area (Å²) in [5.74, 6) is 1.09. The van der Waals surface area contributed by atoms with Gasteiger partial charge in [-0.15, -0.1) is 0 Å². The predicted octanol–water partition coefficient (Wildman–Crippen LogP) is 2.41. The molecule has 0 aromatic heterocycles. The monoisotopic (exact) mass is 252 g/mol. The number of nitrogens with zero attached hydrogens (tertiary/aromatic N) is 1. The third kappa shape index (κ3) is 3.05. The smallest absolute Gasteiger partial charge is 0.240 e. The minimum absolute atomic E-state index is 0.00685. The summed E-state index contributed by atoms with van der Waals surface area (Å²) in [6.45, 7) is 10.7. The summed E-state index contributed by atoms with van der Waals surface area (Å²) in [4.78, 5) is 14.9. The summed E-state index contributed by atoms with van der Waals surface area (Å²) in [5.41, 5.74) is 0.0893. The summed E-state index contributed by atoms with van der Waals surface area (Å²) in [5, 5.41) is 3.45. The maximum Gasteiger partial charge on any atom is 0.240 e. The topological polar surface area (TPSA) is 32.3 Å². The van der Waals surface area contributed by atoms with Gasteiger partial charge in [-0.05, 0) is 57.4 Å². The molecule has 1 unspecified atom stereocenters. The number of carbonyl (C=O) groups is 1. The quantitative estimate of drug-likeness (QED) is 0.833. The van der Waals surface area contributed by atoms with Crippen LogP contribution >= 0.6 is 0 Å². The highest BCUT2D eigenvalue weighted by molar-refractivity contribution is 5.83. The van der Waals surface area contributed by atoms with Crippen LogP contribution in [0, 0.1) is 11.3 Å². The Balaban J connectivity index is 2.06. The molecule has 1 aliphatic heterocycles. The van der Waals surface area contributed by atoms with Crippen LogP contribution in [0.5, 0.6) is 0 Å². The van der Waals surface area contributed by atoms with Gasteiger partial charge < -0.3 is 10.2 Å². The number of carbonyl (C=O) groups excluding carboxylic acids is 1. The van der Waals surface area contributed by atoms with Gasteiger partial charge in [0.2, 0.25) is 5.91 Å². The number of piperidine rings is 1. The van der Waals surface area contributed by atoms with Gasteiger partial charge in [0.25, 0.3) is 0 Å². The first-order valence-corrected chi connectivity index (χ1v) is 7.45. The van der Waals surface area contributed by atoms with Crippen molar-refractivity contribution in [3.05, 3.63) is 0 Å². The van der Waals surface area contributed by atoms with Crippen LogP contribution < -0.4 is 5.32 Å². The minimum Gasteiger partial charge on any atom is -0.339 e. The molecule has 3 nitrogen and oxygen atoms in total. The number of hydrogen-bond donors (Lipinski definition) is 1. The molecule has 0 spiro atoms. The molecule has 3 heteroatoms. The van der Waals surface area contributed by atoms with E-state index in [1.165, 1.54) is 19.3 Å². The second-order valence-corrected chi connectivity index (χ2v) is 7.01. The van der Waals surface area contributed by atoms with Crippen LogP contribution in [0.4, 0.5) is 0 Å². The third-order valence-corrected chi connectivity index (χ3v) is 4.43. The van der Waals surface area contributed by atoms with Crippen molar-refractivity contribution in [2.75, 3.05) is 13.1 Å². The average Bonchev–Trinajstić information content (AvgIpc) is 3.07. The van der Waals surface area contributed by atoms with Crippen molar-refractivity contribution in [2.45, 2.75) is 65.5 Å². The van der Waals surface area contributed by atoms with Crippen LogP contribution in [0.2, 0.25) is 0 Å². The van der Waals surface area contributed by atoms with E-state index in [9.17, 15) is 4.79 Å². The van der Waals surface area contributed by atoms with Crippen molar-refractivity contribution in [3.8, 4) is 0 Å². The second kappa shape index (κ2) is 5.20. The lowest BCUT2D eigenvalue weighted by Gasteiger charge is -2.42. The molecule has 2 aliphatic rings. The molecule has 104 valence electrons. The Hall–Kier alpha value is -0.570. The van der Waals surface area contributed by atoms with Crippen molar-refractivity contribution < 1.29 is 4.79 Å². The highest BCUT2D eigenvalue weighted by Gasteiger charge is 2.40. The first kappa shape index (κ1) is 13.9. The molecule has 0 bridgehead atoms. The first-order chi connectivity index (χ1) is 8.42. The fraction of sp³-hybridized carbons (Fsp3) is 0.933. The van der Waals surface area contributed by atoms with Crippen LogP contribution in [0.25, 0.3) is 0 Å². The van der Waals surface area contributed by atoms with Gasteiger partial charge in [-0.2, -0.15) is 0 Å². The van der Waals surface area contributed by atoms with Crippen molar-refractivity contribution in [1.82, 2.24) is 10.2 Å². The lowest BCUT2D eigenvalue weighted by molar-refractivity contribution is -0.139. The van der Waals surface area contributed by atoms with E-state index in [2.05, 4.69) is 37.9 Å². The molecular formula is C15H28N2O. The molecular weight excluding hydrogens is 224 g/mol. The highest BCUT2D eigenvalue weighted by Crippen LogP contribution is 2.34. The number of amides is 1. The minimum atomic E-state index is 0.00685. The van der Waals surface area contributed by atoms with Crippen LogP contribution in [0.15, 0.2) is 0 Å². The molecule has 0 aromatic carbocycles. The van der Waals surface area contributed by atoms with Crippen LogP contribution in [-0.4, -0.2) is 36.0 Å². The maximum atomic E-state index is 12.8. The number of hydrogen-bond acceptors (Lipinski definition) is 2. The zero-order valence-electron chi connectivity index (χ0n) is 12.3. The van der Waals surface area contributed by atoms with Crippen molar-refractivity contribution in [1.29, 1.82) is 0 Å². The van der Waals surface area contributed by atoms with Gasteiger partial charge >= 0.3 is 0 Å². The Morgan fingerprint density at radius 3 is 2.56 bits per heavy atom. The standard InChI is InChI=1S/C15H28N2O/c1-11(2)17(10-12-6-7-12)14(18)13-15(3,4)8-5-9-16-13/h11-13,16H,5-10H2,1-4H3. The largest absolute Gasteiger partial charge is 0.339 e. The molecule has 0 aromatic rings. The van der Waals surface area contributed by atoms with E-state index < -0.39 is 0 Å². The molecule has 1 aliphatic carbocycles. The van der Waals surface area contributed by atoms with E-state index >= 15 is 0 Å². The molecule has 0 radical (unpaired) electrons. The summed E-state index contributed by atoms with van der Waals surface area (Å²) < 4.78 is 0. The van der Waals surface area contributed by atoms with Crippen molar-refractivity contribution >= 4 is 5.91 Å². The van der Waals surface area contributed by atoms with Gasteiger partial charge in [0.15, 0.2) is 0 Å². The second-order valence-electron chi connectivity index (χ2n) is 7.01. The number of rotatable bonds is 4. The Morgan fingerprint density at radius 2 is 2.06 bits per heavy atom. The maximum absolute atomic E-state index is 12.8. The van der Waals surface area contributed by atoms with Crippen molar-refractivity contribution in [2.24, 2.45) is 11.3 Å². The van der Waals surface area contributed by atoms with Crippen LogP contribution in [0.1, 0.15) is 53.4 Å². The Morgan fingerprint density at radius 1 is 1.39 bits per heavy atom. The van der Waals surface area contributed by atoms with E-state index in [4.69, 9.17) is 0 Å². The fourth-order valence-corrected chi connectivity index (χ4v) is 2.93. The van der Waals surface area contributed by atoms with E-state index in [-0.39, 0.29) is 11.5 Å². The molecule has 1 amide bonds. The SMILES string of the molecule is CC(C)N(CC1CC1)C(=O)C1NCCCC1(C)C. The molecule has 1 saturated carbocycles. The van der Waals surface area contributed by atoms with E-state index in [0.29, 0.717) is 11.9 Å². The predicted molar refractivity (Wildman–Crippen MR) is 74.4 cm³/mol. The molecule has 2 rings (SSSR count). The average molecular weight is 252 g/mol. The van der Waals surface area contributed by atoms with Gasteiger partial charge in [0.05, 0.1) is 6.04 Å². The Kier molecular flexibility index (Phi) is 4.00. The zero-order valence-corrected chi connectivity index (χ0v) is 12.3. The first-order valence-electron chi connectivity index (χ1n) is 7.45. The third-order valence-electron chi connectivity index (χ3n) is 4.43. The summed E-state index contributed by atoms with van der Waals surface area (Å²) in [7, 11) is 0. The van der Waals surface area contributed by atoms with Crippen LogP contribution in [0.3, 0.4) is 0 Å². The van der Waals surface area contributed by atoms with Crippen LogP contribution in [-0.2, 0) is 4.79 Å². The van der Waals surface area contributed by atoms with Gasteiger partial charge in [-0.25, -0.2) is 0 Å². The molecule has 18 heavy (non-hydrogen) atoms. The summed E-state index contributed by atoms with van der Waals surface area (Å²) >= 11 is 0. The van der Waals surface area contributed by atoms with Gasteiger partial charge in [0.1, 0.15) is 0 Å². The molecule has 1 N–H and O–H groups in total. The van der Waals surface area contributed by atoms with Gasteiger partial charge in [-0.3, -0.25) is 4.79 Å². The van der Waals surface area contributed by atoms with Gasteiger partial charge in [-0.1, -0.05) is 13.8 Å². The summed E-state index contributed by atoms with van der Waals surface area (Å²) in [6, 6.07) is 0.324. The highest BCUT2D eigenvalue weighted by atomic mass is 16.2. The Labute approximate surface area is 111 Å². The fourth-order valence-electron chi connectivity index (χ4n) is 2.93. The molecule has 1 atom stereocenters. The zero-order chi connectivity index (χ0) is 13.3. The van der Waals surface area contributed by atoms with Gasteiger partial charge in [0, 0.05) is 12.6 Å². The molecule has 1 heterocycles. The lowest BCUT2D eigenvalue weighted by Crippen LogP contribution is -2.58. The van der Waals surface area contributed by atoms with E-state index in [1.807, 2.05) is 0 Å². The molecule has 2 fully saturated rings. The van der Waals surface area contributed by atoms with E-state index in [1.54, 1.807) is 0 Å². The normalized spacial score (nSPS) is 27.3. The van der Waals surface area contributed by atoms with E-state index in [0.717, 1.165) is 25.4 Å². The van der Waals surface area contributed by atoms with Crippen molar-refractivity contribution in [3.63, 3.8) is 0 Å². The summed E-state index contributed by atoms with van der Waals surface area (Å²) in [6.07, 6.45) is 4.93.